The van der Waals surface area contributed by atoms with Crippen LogP contribution in [-0.2, 0) is 0 Å². The number of rotatable bonds is 7. The van der Waals surface area contributed by atoms with Gasteiger partial charge in [-0.3, -0.25) is 0 Å². The standard InChI is InChI=1S/C12H22N4S/c1-4-5-6-7-9(2)14-11-8-10(13)15-12(16-11)17-3/h8-9H,4-7H2,1-3H3,(H3,13,14,15,16). The van der Waals surface area contributed by atoms with Crippen LogP contribution in [0.4, 0.5) is 11.6 Å². The lowest BCUT2D eigenvalue weighted by Crippen LogP contribution is -2.16. The van der Waals surface area contributed by atoms with Crippen molar-refractivity contribution in [1.29, 1.82) is 0 Å². The van der Waals surface area contributed by atoms with Gasteiger partial charge in [-0.2, -0.15) is 0 Å². The van der Waals surface area contributed by atoms with Crippen LogP contribution in [0.15, 0.2) is 11.2 Å². The van der Waals surface area contributed by atoms with E-state index in [0.717, 1.165) is 12.2 Å². The summed E-state index contributed by atoms with van der Waals surface area (Å²) in [5, 5.41) is 4.09. The average molecular weight is 254 g/mol. The molecule has 0 saturated carbocycles. The molecule has 17 heavy (non-hydrogen) atoms. The summed E-state index contributed by atoms with van der Waals surface area (Å²) in [6.45, 7) is 4.39. The maximum absolute atomic E-state index is 5.73. The van der Waals surface area contributed by atoms with Crippen LogP contribution in [0.2, 0.25) is 0 Å². The van der Waals surface area contributed by atoms with Gasteiger partial charge in [0.2, 0.25) is 0 Å². The van der Waals surface area contributed by atoms with E-state index in [1.165, 1.54) is 31.0 Å². The first-order valence-electron chi connectivity index (χ1n) is 6.10. The third-order valence-corrected chi connectivity index (χ3v) is 3.09. The van der Waals surface area contributed by atoms with E-state index < -0.39 is 0 Å². The second kappa shape index (κ2) is 7.37. The normalized spacial score (nSPS) is 12.4. The molecule has 5 heteroatoms. The fraction of sp³-hybridized carbons (Fsp3) is 0.667. The zero-order valence-corrected chi connectivity index (χ0v) is 11.7. The van der Waals surface area contributed by atoms with Gasteiger partial charge in [-0.25, -0.2) is 9.97 Å². The van der Waals surface area contributed by atoms with Crippen molar-refractivity contribution in [3.05, 3.63) is 6.07 Å². The van der Waals surface area contributed by atoms with Crippen molar-refractivity contribution >= 4 is 23.4 Å². The molecule has 3 N–H and O–H groups in total. The quantitative estimate of drug-likeness (QED) is 0.444. The Morgan fingerprint density at radius 1 is 1.41 bits per heavy atom. The highest BCUT2D eigenvalue weighted by atomic mass is 32.2. The highest BCUT2D eigenvalue weighted by Gasteiger charge is 2.05. The minimum absolute atomic E-state index is 0.422. The van der Waals surface area contributed by atoms with E-state index in [1.807, 2.05) is 6.26 Å². The number of thioether (sulfide) groups is 1. The number of anilines is 2. The van der Waals surface area contributed by atoms with Gasteiger partial charge < -0.3 is 11.1 Å². The Bertz CT molecular complexity index is 343. The van der Waals surface area contributed by atoms with Crippen LogP contribution in [0.25, 0.3) is 0 Å². The zero-order chi connectivity index (χ0) is 12.7. The van der Waals surface area contributed by atoms with Crippen molar-refractivity contribution in [2.45, 2.75) is 50.7 Å². The van der Waals surface area contributed by atoms with Crippen molar-refractivity contribution in [1.82, 2.24) is 9.97 Å². The number of aromatic nitrogens is 2. The van der Waals surface area contributed by atoms with Gasteiger partial charge in [0.25, 0.3) is 0 Å². The van der Waals surface area contributed by atoms with Crippen molar-refractivity contribution in [2.24, 2.45) is 0 Å². The van der Waals surface area contributed by atoms with Crippen molar-refractivity contribution < 1.29 is 0 Å². The molecule has 1 atom stereocenters. The van der Waals surface area contributed by atoms with E-state index in [9.17, 15) is 0 Å². The number of hydrogen-bond donors (Lipinski definition) is 2. The summed E-state index contributed by atoms with van der Waals surface area (Å²) in [6.07, 6.45) is 6.90. The van der Waals surface area contributed by atoms with Gasteiger partial charge in [0, 0.05) is 12.1 Å². The van der Waals surface area contributed by atoms with Crippen LogP contribution < -0.4 is 11.1 Å². The second-order valence-electron chi connectivity index (χ2n) is 4.21. The van der Waals surface area contributed by atoms with Gasteiger partial charge in [-0.1, -0.05) is 37.9 Å². The molecule has 0 amide bonds. The summed E-state index contributed by atoms with van der Waals surface area (Å²) < 4.78 is 0. The fourth-order valence-electron chi connectivity index (χ4n) is 1.63. The number of nitrogen functional groups attached to an aromatic ring is 1. The van der Waals surface area contributed by atoms with Crippen LogP contribution in [0.5, 0.6) is 0 Å². The number of hydrogen-bond acceptors (Lipinski definition) is 5. The summed E-state index contributed by atoms with van der Waals surface area (Å²) in [7, 11) is 0. The SMILES string of the molecule is CCCCCC(C)Nc1cc(N)nc(SC)n1. The summed E-state index contributed by atoms with van der Waals surface area (Å²) in [5.74, 6) is 1.35. The third kappa shape index (κ3) is 5.26. The highest BCUT2D eigenvalue weighted by molar-refractivity contribution is 7.98. The fourth-order valence-corrected chi connectivity index (χ4v) is 2.02. The van der Waals surface area contributed by atoms with Gasteiger partial charge in [0.15, 0.2) is 5.16 Å². The molecule has 1 aromatic rings. The molecule has 96 valence electrons. The second-order valence-corrected chi connectivity index (χ2v) is 4.98. The molecule has 0 spiro atoms. The average Bonchev–Trinajstić information content (AvgIpc) is 2.28. The van der Waals surface area contributed by atoms with Crippen LogP contribution in [-0.4, -0.2) is 22.3 Å². The Labute approximate surface area is 108 Å². The Kier molecular flexibility index (Phi) is 6.11. The lowest BCUT2D eigenvalue weighted by Gasteiger charge is -2.14. The first-order valence-corrected chi connectivity index (χ1v) is 7.33. The van der Waals surface area contributed by atoms with Crippen LogP contribution in [0.1, 0.15) is 39.5 Å². The molecule has 0 fully saturated rings. The number of nitrogens with two attached hydrogens (primary N) is 1. The molecular weight excluding hydrogens is 232 g/mol. The van der Waals surface area contributed by atoms with E-state index in [4.69, 9.17) is 5.73 Å². The Morgan fingerprint density at radius 2 is 2.18 bits per heavy atom. The third-order valence-electron chi connectivity index (χ3n) is 2.54. The molecule has 1 heterocycles. The highest BCUT2D eigenvalue weighted by Crippen LogP contribution is 2.16. The van der Waals surface area contributed by atoms with Gasteiger partial charge in [0.1, 0.15) is 11.6 Å². The zero-order valence-electron chi connectivity index (χ0n) is 10.9. The summed E-state index contributed by atoms with van der Waals surface area (Å²) in [5.41, 5.74) is 5.73. The first kappa shape index (κ1) is 14.1. The minimum atomic E-state index is 0.422. The molecule has 1 aromatic heterocycles. The Balaban J connectivity index is 2.52. The van der Waals surface area contributed by atoms with Crippen molar-refractivity contribution in [3.8, 4) is 0 Å². The summed E-state index contributed by atoms with van der Waals surface area (Å²) in [4.78, 5) is 8.51. The predicted molar refractivity (Wildman–Crippen MR) is 75.5 cm³/mol. The molecule has 0 aliphatic rings. The van der Waals surface area contributed by atoms with E-state index in [-0.39, 0.29) is 0 Å². The lowest BCUT2D eigenvalue weighted by molar-refractivity contribution is 0.613. The number of nitrogens with zero attached hydrogens (tertiary/aromatic N) is 2. The van der Waals surface area contributed by atoms with Gasteiger partial charge in [-0.05, 0) is 19.6 Å². The van der Waals surface area contributed by atoms with Gasteiger partial charge in [-0.15, -0.1) is 0 Å². The van der Waals surface area contributed by atoms with Crippen molar-refractivity contribution in [2.75, 3.05) is 17.3 Å². The largest absolute Gasteiger partial charge is 0.383 e. The van der Waals surface area contributed by atoms with E-state index in [1.54, 1.807) is 6.07 Å². The van der Waals surface area contributed by atoms with Crippen LogP contribution >= 0.6 is 11.8 Å². The maximum atomic E-state index is 5.73. The molecule has 1 unspecified atom stereocenters. The lowest BCUT2D eigenvalue weighted by atomic mass is 10.1. The topological polar surface area (TPSA) is 63.8 Å². The van der Waals surface area contributed by atoms with E-state index >= 15 is 0 Å². The Hall–Kier alpha value is -0.970. The molecule has 0 aliphatic heterocycles. The molecule has 0 radical (unpaired) electrons. The Morgan fingerprint density at radius 3 is 2.82 bits per heavy atom. The first-order chi connectivity index (χ1) is 8.15. The predicted octanol–water partition coefficient (Wildman–Crippen LogP) is 3.16. The summed E-state index contributed by atoms with van der Waals surface area (Å²) in [6, 6.07) is 2.21. The van der Waals surface area contributed by atoms with Crippen LogP contribution in [0, 0.1) is 0 Å². The number of unbranched alkanes of at least 4 members (excludes halogenated alkanes) is 2. The van der Waals surface area contributed by atoms with E-state index in [2.05, 4.69) is 29.1 Å². The summed E-state index contributed by atoms with van der Waals surface area (Å²) >= 11 is 1.50. The molecule has 1 rings (SSSR count). The van der Waals surface area contributed by atoms with Gasteiger partial charge >= 0.3 is 0 Å². The maximum Gasteiger partial charge on any atom is 0.191 e. The smallest absolute Gasteiger partial charge is 0.191 e. The monoisotopic (exact) mass is 254 g/mol. The molecule has 0 bridgehead atoms. The van der Waals surface area contributed by atoms with E-state index in [0.29, 0.717) is 17.0 Å². The van der Waals surface area contributed by atoms with Crippen LogP contribution in [0.3, 0.4) is 0 Å². The van der Waals surface area contributed by atoms with Gasteiger partial charge in [0.05, 0.1) is 0 Å². The number of nitrogens with one attached hydrogen (secondary N) is 1. The molecule has 0 aliphatic carbocycles. The molecule has 0 saturated heterocycles. The van der Waals surface area contributed by atoms with Crippen molar-refractivity contribution in [3.63, 3.8) is 0 Å². The molecule has 4 nitrogen and oxygen atoms in total. The minimum Gasteiger partial charge on any atom is -0.383 e. The molecule has 0 aromatic carbocycles. The molecular formula is C12H22N4S.